The molecule has 1 atom stereocenters. The SMILES string of the molecule is CC(=O)OC(C)O/N=[N+](\[O-])N(C)CCOC(=O)NS(=O)(=O)c1ccc(-n2nc(C(F)(F)F)cc2-c2ccc(C)cc2)cc1. The highest BCUT2D eigenvalue weighted by Crippen LogP contribution is 2.33. The van der Waals surface area contributed by atoms with Gasteiger partial charge in [0, 0.05) is 19.4 Å². The number of hydrogen-bond acceptors (Lipinski definition) is 10. The first kappa shape index (κ1) is 32.6. The van der Waals surface area contributed by atoms with Crippen LogP contribution in [0.5, 0.6) is 0 Å². The molecule has 0 fully saturated rings. The number of sulfonamides is 1. The normalized spacial score (nSPS) is 12.8. The van der Waals surface area contributed by atoms with Gasteiger partial charge in [-0.05, 0) is 37.3 Å². The van der Waals surface area contributed by atoms with E-state index in [0.29, 0.717) is 5.56 Å². The van der Waals surface area contributed by atoms with Crippen molar-refractivity contribution in [1.82, 2.24) is 19.5 Å². The van der Waals surface area contributed by atoms with Crippen LogP contribution < -0.4 is 4.72 Å². The number of nitrogens with zero attached hydrogens (tertiary/aromatic N) is 5. The number of amides is 1. The first-order valence-corrected chi connectivity index (χ1v) is 13.8. The molecule has 1 aromatic heterocycles. The van der Waals surface area contributed by atoms with Gasteiger partial charge in [-0.3, -0.25) is 9.63 Å². The van der Waals surface area contributed by atoms with Crippen LogP contribution in [0.2, 0.25) is 0 Å². The second-order valence-corrected chi connectivity index (χ2v) is 10.6. The lowest BCUT2D eigenvalue weighted by molar-refractivity contribution is -0.707. The molecule has 2 aromatic carbocycles. The van der Waals surface area contributed by atoms with E-state index < -0.39 is 46.9 Å². The number of nitrogens with one attached hydrogen (secondary N) is 1. The molecule has 0 bridgehead atoms. The minimum atomic E-state index is -4.72. The summed E-state index contributed by atoms with van der Waals surface area (Å²) in [6.45, 7) is 3.62. The number of ether oxygens (including phenoxy) is 2. The van der Waals surface area contributed by atoms with E-state index in [-0.39, 0.29) is 27.8 Å². The van der Waals surface area contributed by atoms with E-state index in [4.69, 9.17) is 4.74 Å². The van der Waals surface area contributed by atoms with Crippen molar-refractivity contribution in [3.63, 3.8) is 0 Å². The predicted octanol–water partition coefficient (Wildman–Crippen LogP) is 3.93. The summed E-state index contributed by atoms with van der Waals surface area (Å²) in [6, 6.07) is 12.3. The van der Waals surface area contributed by atoms with E-state index in [1.54, 1.807) is 29.0 Å². The maximum atomic E-state index is 13.4. The molecule has 1 heterocycles. The third kappa shape index (κ3) is 9.06. The second kappa shape index (κ2) is 13.4. The number of hydrazine groups is 1. The Labute approximate surface area is 243 Å². The van der Waals surface area contributed by atoms with Gasteiger partial charge in [-0.25, -0.2) is 22.6 Å². The number of hydrogen-bond donors (Lipinski definition) is 1. The van der Waals surface area contributed by atoms with Gasteiger partial charge >= 0.3 is 18.2 Å². The molecule has 0 aliphatic heterocycles. The molecule has 1 N–H and O–H groups in total. The Kier molecular flexibility index (Phi) is 10.2. The summed E-state index contributed by atoms with van der Waals surface area (Å²) >= 11 is 0. The summed E-state index contributed by atoms with van der Waals surface area (Å²) < 4.78 is 77.8. The first-order chi connectivity index (χ1) is 20.1. The standard InChI is InChI=1S/C25H27F3N6O8S/c1-16-5-7-19(8-6-16)22-15-23(25(26,27)28)29-33(22)20-9-11-21(12-10-20)43(38,39)30-24(36)40-14-13-32(4)34(37)31-42-18(3)41-17(2)35/h5-12,15,18H,13-14H2,1-4H3,(H,30,36)/b34-31-. The number of carbonyl (C=O) groups is 2. The summed E-state index contributed by atoms with van der Waals surface area (Å²) in [5.74, 6) is -0.650. The van der Waals surface area contributed by atoms with Gasteiger partial charge in [0.05, 0.1) is 28.3 Å². The van der Waals surface area contributed by atoms with Gasteiger partial charge in [0.25, 0.3) is 16.3 Å². The molecule has 1 unspecified atom stereocenters. The summed E-state index contributed by atoms with van der Waals surface area (Å²) in [5, 5.41) is 19.5. The molecule has 3 rings (SSSR count). The van der Waals surface area contributed by atoms with Crippen LogP contribution in [0.25, 0.3) is 16.9 Å². The second-order valence-electron chi connectivity index (χ2n) is 8.92. The third-order valence-electron chi connectivity index (χ3n) is 5.49. The van der Waals surface area contributed by atoms with Gasteiger partial charge in [-0.1, -0.05) is 29.8 Å². The lowest BCUT2D eigenvalue weighted by atomic mass is 10.1. The number of aromatic nitrogens is 2. The Morgan fingerprint density at radius 3 is 2.37 bits per heavy atom. The van der Waals surface area contributed by atoms with E-state index in [1.165, 1.54) is 26.1 Å². The Morgan fingerprint density at radius 2 is 1.79 bits per heavy atom. The summed E-state index contributed by atoms with van der Waals surface area (Å²) in [7, 11) is -3.18. The molecule has 43 heavy (non-hydrogen) atoms. The van der Waals surface area contributed by atoms with Crippen molar-refractivity contribution in [3.05, 3.63) is 71.1 Å². The monoisotopic (exact) mass is 628 g/mol. The molecule has 232 valence electrons. The van der Waals surface area contributed by atoms with Crippen molar-refractivity contribution in [2.24, 2.45) is 5.28 Å². The Hall–Kier alpha value is -4.87. The van der Waals surface area contributed by atoms with E-state index in [0.717, 1.165) is 40.4 Å². The number of halogens is 3. The van der Waals surface area contributed by atoms with Gasteiger partial charge < -0.3 is 14.7 Å². The van der Waals surface area contributed by atoms with Crippen molar-refractivity contribution in [2.75, 3.05) is 20.2 Å². The van der Waals surface area contributed by atoms with Crippen LogP contribution in [-0.4, -0.2) is 66.7 Å². The highest BCUT2D eigenvalue weighted by Gasteiger charge is 2.35. The molecule has 0 aliphatic carbocycles. The molecule has 0 radical (unpaired) electrons. The lowest BCUT2D eigenvalue weighted by Crippen LogP contribution is -2.35. The van der Waals surface area contributed by atoms with E-state index in [1.807, 2.05) is 6.92 Å². The van der Waals surface area contributed by atoms with E-state index in [2.05, 4.69) is 20.0 Å². The molecule has 1 amide bonds. The van der Waals surface area contributed by atoms with Gasteiger partial charge in [-0.15, -0.1) is 5.01 Å². The van der Waals surface area contributed by atoms with Crippen molar-refractivity contribution >= 4 is 22.1 Å². The molecule has 3 aromatic rings. The average Bonchev–Trinajstić information content (AvgIpc) is 3.38. The fourth-order valence-corrected chi connectivity index (χ4v) is 4.28. The zero-order valence-electron chi connectivity index (χ0n) is 23.2. The van der Waals surface area contributed by atoms with Crippen LogP contribution >= 0.6 is 0 Å². The molecule has 0 saturated heterocycles. The van der Waals surface area contributed by atoms with Crippen molar-refractivity contribution in [3.8, 4) is 16.9 Å². The van der Waals surface area contributed by atoms with Gasteiger partial charge in [0.1, 0.15) is 13.2 Å². The molecule has 0 spiro atoms. The highest BCUT2D eigenvalue weighted by molar-refractivity contribution is 7.90. The summed E-state index contributed by atoms with van der Waals surface area (Å²) in [5.41, 5.74) is 0.489. The Morgan fingerprint density at radius 1 is 1.16 bits per heavy atom. The third-order valence-corrected chi connectivity index (χ3v) is 6.82. The zero-order chi connectivity index (χ0) is 31.9. The van der Waals surface area contributed by atoms with Crippen LogP contribution in [0.15, 0.2) is 64.8 Å². The lowest BCUT2D eigenvalue weighted by Gasteiger charge is -2.14. The molecule has 0 saturated carbocycles. The Balaban J connectivity index is 1.65. The number of rotatable bonds is 11. The van der Waals surface area contributed by atoms with Gasteiger partial charge in [0.15, 0.2) is 5.69 Å². The molecular weight excluding hydrogens is 601 g/mol. The van der Waals surface area contributed by atoms with E-state index in [9.17, 15) is 36.4 Å². The van der Waals surface area contributed by atoms with Crippen LogP contribution in [0.3, 0.4) is 0 Å². The minimum absolute atomic E-state index is 0.0128. The number of alkyl halides is 3. The first-order valence-electron chi connectivity index (χ1n) is 12.3. The fourth-order valence-electron chi connectivity index (χ4n) is 3.39. The van der Waals surface area contributed by atoms with Crippen molar-refractivity contribution < 1.29 is 50.5 Å². The zero-order valence-corrected chi connectivity index (χ0v) is 24.0. The minimum Gasteiger partial charge on any atom is -0.569 e. The number of esters is 1. The maximum absolute atomic E-state index is 13.4. The van der Waals surface area contributed by atoms with Crippen LogP contribution in [0, 0.1) is 12.1 Å². The van der Waals surface area contributed by atoms with Crippen LogP contribution in [0.1, 0.15) is 25.1 Å². The fraction of sp³-hybridized carbons (Fsp3) is 0.320. The number of carbonyl (C=O) groups excluding carboxylic acids is 2. The number of benzene rings is 2. The van der Waals surface area contributed by atoms with Gasteiger partial charge in [-0.2, -0.15) is 18.3 Å². The van der Waals surface area contributed by atoms with Gasteiger partial charge in [0.2, 0.25) is 5.28 Å². The largest absolute Gasteiger partial charge is 0.569 e. The molecule has 0 aliphatic rings. The van der Waals surface area contributed by atoms with Crippen LogP contribution in [-0.2, 0) is 35.3 Å². The summed E-state index contributed by atoms with van der Waals surface area (Å²) in [6.07, 6.45) is -7.20. The van der Waals surface area contributed by atoms with Crippen LogP contribution in [0.4, 0.5) is 18.0 Å². The molecular formula is C25H27F3N6O8S. The maximum Gasteiger partial charge on any atom is 0.435 e. The summed E-state index contributed by atoms with van der Waals surface area (Å²) in [4.78, 5) is 27.2. The predicted molar refractivity (Wildman–Crippen MR) is 141 cm³/mol. The quantitative estimate of drug-likeness (QED) is 0.108. The molecule has 18 heteroatoms. The van der Waals surface area contributed by atoms with E-state index >= 15 is 0 Å². The topological polar surface area (TPSA) is 167 Å². The smallest absolute Gasteiger partial charge is 0.435 e. The van der Waals surface area contributed by atoms with Crippen molar-refractivity contribution in [1.29, 1.82) is 0 Å². The highest BCUT2D eigenvalue weighted by atomic mass is 32.2. The van der Waals surface area contributed by atoms with Crippen molar-refractivity contribution in [2.45, 2.75) is 38.1 Å². The molecule has 14 nitrogen and oxygen atoms in total. The average molecular weight is 629 g/mol. The number of aryl methyl sites for hydroxylation is 1. The Bertz CT molecular complexity index is 1580. The number of likely N-dealkylation sites (N-methyl/N-ethyl adjacent to an activating group) is 1.